The average molecular weight is 357 g/mol. The molecule has 1 heterocycles. The molecule has 0 radical (unpaired) electrons. The third-order valence-electron chi connectivity index (χ3n) is 4.48. The van der Waals surface area contributed by atoms with E-state index < -0.39 is 30.6 Å². The molecule has 1 saturated heterocycles. The lowest BCUT2D eigenvalue weighted by molar-refractivity contribution is -0.235. The van der Waals surface area contributed by atoms with Crippen molar-refractivity contribution in [1.29, 1.82) is 0 Å². The monoisotopic (exact) mass is 357 g/mol. The summed E-state index contributed by atoms with van der Waals surface area (Å²) < 4.78 is 11.5. The second-order valence-electron chi connectivity index (χ2n) is 6.28. The van der Waals surface area contributed by atoms with Gasteiger partial charge < -0.3 is 30.5 Å². The Labute approximate surface area is 149 Å². The molecule has 0 aliphatic carbocycles. The zero-order valence-corrected chi connectivity index (χ0v) is 15.3. The van der Waals surface area contributed by atoms with Crippen LogP contribution in [0.25, 0.3) is 0 Å². The summed E-state index contributed by atoms with van der Waals surface area (Å²) in [6.45, 7) is 8.72. The number of Topliss-reactive ketones (excluding diaryl/α,β-unsaturated/α-hetero) is 1. The molecule has 0 spiro atoms. The van der Waals surface area contributed by atoms with Crippen LogP contribution in [0.1, 0.15) is 46.5 Å². The summed E-state index contributed by atoms with van der Waals surface area (Å²) in [5.41, 5.74) is 6.42. The van der Waals surface area contributed by atoms with E-state index in [1.54, 1.807) is 13.8 Å². The topological polar surface area (TPSA) is 122 Å². The molecule has 5 atom stereocenters. The maximum atomic E-state index is 11.8. The van der Waals surface area contributed by atoms with Crippen LogP contribution in [0.3, 0.4) is 0 Å². The van der Waals surface area contributed by atoms with E-state index in [2.05, 4.69) is 6.58 Å². The van der Waals surface area contributed by atoms with Crippen molar-refractivity contribution < 1.29 is 29.6 Å². The van der Waals surface area contributed by atoms with E-state index in [0.717, 1.165) is 0 Å². The van der Waals surface area contributed by atoms with Gasteiger partial charge in [0, 0.05) is 37.5 Å². The summed E-state index contributed by atoms with van der Waals surface area (Å²) in [7, 11) is 0. The minimum atomic E-state index is -0.771. The van der Waals surface area contributed by atoms with Gasteiger partial charge in [0.25, 0.3) is 0 Å². The number of rotatable bonds is 9. The third-order valence-corrected chi connectivity index (χ3v) is 4.48. The summed E-state index contributed by atoms with van der Waals surface area (Å²) in [5.74, 6) is -0.445. The van der Waals surface area contributed by atoms with E-state index in [0.29, 0.717) is 18.4 Å². The van der Waals surface area contributed by atoms with Gasteiger partial charge in [-0.1, -0.05) is 20.4 Å². The normalized spacial score (nSPS) is 29.0. The largest absolute Gasteiger partial charge is 0.507 e. The van der Waals surface area contributed by atoms with Gasteiger partial charge in [0.1, 0.15) is 5.76 Å². The van der Waals surface area contributed by atoms with Crippen LogP contribution in [-0.2, 0) is 14.3 Å². The quantitative estimate of drug-likeness (QED) is 0.279. The molecule has 7 heteroatoms. The van der Waals surface area contributed by atoms with Crippen LogP contribution >= 0.6 is 0 Å². The van der Waals surface area contributed by atoms with Crippen LogP contribution in [0.2, 0.25) is 0 Å². The lowest BCUT2D eigenvalue weighted by atomic mass is 9.97. The number of hydrogen-bond acceptors (Lipinski definition) is 7. The SMILES string of the molecule is C=C(C(=O)CC)/C(O)=C(\CC)[C@H](CCO)O[C@H]1C[C@H](N)[C@H](O)[C@H](C)O1. The second-order valence-corrected chi connectivity index (χ2v) is 6.28. The maximum absolute atomic E-state index is 11.8. The van der Waals surface area contributed by atoms with E-state index in [1.165, 1.54) is 0 Å². The van der Waals surface area contributed by atoms with Crippen molar-refractivity contribution in [2.75, 3.05) is 6.61 Å². The van der Waals surface area contributed by atoms with E-state index >= 15 is 0 Å². The van der Waals surface area contributed by atoms with Crippen LogP contribution in [0.5, 0.6) is 0 Å². The van der Waals surface area contributed by atoms with Gasteiger partial charge in [-0.3, -0.25) is 4.79 Å². The number of allylic oxidation sites excluding steroid dienone is 1. The fourth-order valence-corrected chi connectivity index (χ4v) is 2.88. The van der Waals surface area contributed by atoms with Crippen LogP contribution < -0.4 is 5.73 Å². The van der Waals surface area contributed by atoms with Gasteiger partial charge in [0.15, 0.2) is 12.1 Å². The Morgan fingerprint density at radius 2 is 2.04 bits per heavy atom. The highest BCUT2D eigenvalue weighted by molar-refractivity contribution is 5.98. The van der Waals surface area contributed by atoms with Gasteiger partial charge >= 0.3 is 0 Å². The molecule has 1 rings (SSSR count). The number of aliphatic hydroxyl groups excluding tert-OH is 3. The Balaban J connectivity index is 3.00. The number of ketones is 1. The second kappa shape index (κ2) is 10.0. The molecule has 0 unspecified atom stereocenters. The van der Waals surface area contributed by atoms with Crippen LogP contribution in [0.15, 0.2) is 23.5 Å². The van der Waals surface area contributed by atoms with Crippen molar-refractivity contribution in [3.8, 4) is 0 Å². The Bertz CT molecular complexity index is 492. The minimum absolute atomic E-state index is 0.0379. The van der Waals surface area contributed by atoms with E-state index in [-0.39, 0.29) is 36.6 Å². The fraction of sp³-hybridized carbons (Fsp3) is 0.722. The Morgan fingerprint density at radius 3 is 2.52 bits per heavy atom. The molecule has 0 aromatic rings. The van der Waals surface area contributed by atoms with E-state index in [9.17, 15) is 20.1 Å². The van der Waals surface area contributed by atoms with Gasteiger partial charge in [-0.25, -0.2) is 0 Å². The zero-order chi connectivity index (χ0) is 19.1. The molecule has 0 saturated carbocycles. The summed E-state index contributed by atoms with van der Waals surface area (Å²) in [6, 6.07) is -0.484. The van der Waals surface area contributed by atoms with Crippen molar-refractivity contribution in [3.05, 3.63) is 23.5 Å². The first-order valence-electron chi connectivity index (χ1n) is 8.76. The number of ether oxygens (including phenoxy) is 2. The molecule has 144 valence electrons. The van der Waals surface area contributed by atoms with Gasteiger partial charge in [0.05, 0.1) is 23.9 Å². The van der Waals surface area contributed by atoms with Gasteiger partial charge in [-0.15, -0.1) is 0 Å². The Hall–Kier alpha value is -1.25. The lowest BCUT2D eigenvalue weighted by Gasteiger charge is -2.37. The molecule has 0 bridgehead atoms. The standard InChI is InChI=1S/C18H31NO6/c1-5-12(17(22)10(3)14(21)6-2)15(7-8-20)25-16-9-13(19)18(23)11(4)24-16/h11,13,15-16,18,20,22-23H,3,5-9,19H2,1-2,4H3/b17-12-/t11-,13-,15-,16-,18+/m0/s1. The highest BCUT2D eigenvalue weighted by atomic mass is 16.7. The highest BCUT2D eigenvalue weighted by Gasteiger charge is 2.35. The molecule has 1 fully saturated rings. The Kier molecular flexibility index (Phi) is 8.75. The van der Waals surface area contributed by atoms with Gasteiger partial charge in [-0.05, 0) is 13.3 Å². The molecule has 0 aromatic carbocycles. The molecule has 7 nitrogen and oxygen atoms in total. The predicted molar refractivity (Wildman–Crippen MR) is 93.9 cm³/mol. The van der Waals surface area contributed by atoms with Crippen LogP contribution in [0.4, 0.5) is 0 Å². The summed E-state index contributed by atoms with van der Waals surface area (Å²) >= 11 is 0. The summed E-state index contributed by atoms with van der Waals surface area (Å²) in [5, 5.41) is 29.7. The molecular formula is C18H31NO6. The number of nitrogens with two attached hydrogens (primary N) is 1. The van der Waals surface area contributed by atoms with E-state index in [1.807, 2.05) is 6.92 Å². The molecule has 0 amide bonds. The number of aliphatic hydroxyl groups is 3. The van der Waals surface area contributed by atoms with Crippen molar-refractivity contribution in [2.24, 2.45) is 5.73 Å². The molecule has 25 heavy (non-hydrogen) atoms. The first-order chi connectivity index (χ1) is 11.8. The predicted octanol–water partition coefficient (Wildman–Crippen LogP) is 1.33. The molecule has 1 aliphatic heterocycles. The van der Waals surface area contributed by atoms with Crippen LogP contribution in [-0.4, -0.2) is 58.4 Å². The number of hydrogen-bond donors (Lipinski definition) is 4. The van der Waals surface area contributed by atoms with Gasteiger partial charge in [0.2, 0.25) is 0 Å². The van der Waals surface area contributed by atoms with Gasteiger partial charge in [-0.2, -0.15) is 0 Å². The maximum Gasteiger partial charge on any atom is 0.165 e. The number of carbonyl (C=O) groups excluding carboxylic acids is 1. The zero-order valence-electron chi connectivity index (χ0n) is 15.3. The summed E-state index contributed by atoms with van der Waals surface area (Å²) in [6.07, 6.45) is -1.39. The lowest BCUT2D eigenvalue weighted by Crippen LogP contribution is -2.52. The number of carbonyl (C=O) groups is 1. The molecular weight excluding hydrogens is 326 g/mol. The van der Waals surface area contributed by atoms with Crippen molar-refractivity contribution in [2.45, 2.75) is 77.1 Å². The summed E-state index contributed by atoms with van der Waals surface area (Å²) in [4.78, 5) is 11.8. The van der Waals surface area contributed by atoms with Crippen molar-refractivity contribution in [1.82, 2.24) is 0 Å². The molecule has 1 aliphatic rings. The average Bonchev–Trinajstić information content (AvgIpc) is 2.58. The fourth-order valence-electron chi connectivity index (χ4n) is 2.88. The molecule has 0 aromatic heterocycles. The molecule has 5 N–H and O–H groups in total. The van der Waals surface area contributed by atoms with Crippen molar-refractivity contribution in [3.63, 3.8) is 0 Å². The first kappa shape index (κ1) is 21.8. The smallest absolute Gasteiger partial charge is 0.165 e. The van der Waals surface area contributed by atoms with Crippen molar-refractivity contribution >= 4 is 5.78 Å². The minimum Gasteiger partial charge on any atom is -0.507 e. The van der Waals surface area contributed by atoms with E-state index in [4.69, 9.17) is 15.2 Å². The van der Waals surface area contributed by atoms with Crippen LogP contribution in [0, 0.1) is 0 Å². The third kappa shape index (κ3) is 5.62. The Morgan fingerprint density at radius 1 is 1.40 bits per heavy atom. The first-order valence-corrected chi connectivity index (χ1v) is 8.76. The highest BCUT2D eigenvalue weighted by Crippen LogP contribution is 2.27.